The molecule has 0 aliphatic heterocycles. The highest BCUT2D eigenvalue weighted by Gasteiger charge is 2.19. The number of fused-ring (bicyclic) bond motifs is 1. The van der Waals surface area contributed by atoms with Gasteiger partial charge in [-0.3, -0.25) is 0 Å². The van der Waals surface area contributed by atoms with Crippen molar-refractivity contribution in [3.63, 3.8) is 0 Å². The molecule has 0 amide bonds. The van der Waals surface area contributed by atoms with Crippen molar-refractivity contribution in [3.05, 3.63) is 59.4 Å². The van der Waals surface area contributed by atoms with Crippen molar-refractivity contribution in [3.8, 4) is 11.3 Å². The second-order valence-electron chi connectivity index (χ2n) is 5.89. The molecule has 1 unspecified atom stereocenters. The molecule has 2 N–H and O–H groups in total. The summed E-state index contributed by atoms with van der Waals surface area (Å²) in [6.45, 7) is 7.07. The summed E-state index contributed by atoms with van der Waals surface area (Å²) in [7, 11) is 0. The Labute approximate surface area is 131 Å². The lowest BCUT2D eigenvalue weighted by Crippen LogP contribution is -2.12. The fraction of sp³-hybridized carbons (Fsp3) is 0.316. The summed E-state index contributed by atoms with van der Waals surface area (Å²) in [4.78, 5) is 4.88. The summed E-state index contributed by atoms with van der Waals surface area (Å²) in [5.74, 6) is 0.261. The van der Waals surface area contributed by atoms with Gasteiger partial charge >= 0.3 is 0 Å². The van der Waals surface area contributed by atoms with Crippen molar-refractivity contribution < 1.29 is 0 Å². The van der Waals surface area contributed by atoms with Crippen LogP contribution in [-0.2, 0) is 6.42 Å². The van der Waals surface area contributed by atoms with Crippen molar-refractivity contribution in [2.75, 3.05) is 6.54 Å². The Morgan fingerprint density at radius 1 is 1.14 bits per heavy atom. The third kappa shape index (κ3) is 2.42. The molecule has 2 heterocycles. The first-order chi connectivity index (χ1) is 10.7. The van der Waals surface area contributed by atoms with E-state index >= 15 is 0 Å². The molecule has 3 heteroatoms. The van der Waals surface area contributed by atoms with Gasteiger partial charge in [-0.1, -0.05) is 44.2 Å². The average molecular weight is 293 g/mol. The minimum absolute atomic E-state index is 0.261. The van der Waals surface area contributed by atoms with Crippen LogP contribution in [0, 0.1) is 6.92 Å². The van der Waals surface area contributed by atoms with Crippen molar-refractivity contribution >= 4 is 5.65 Å². The molecule has 3 aromatic rings. The van der Waals surface area contributed by atoms with Gasteiger partial charge in [0.05, 0.1) is 11.4 Å². The van der Waals surface area contributed by atoms with Crippen LogP contribution < -0.4 is 5.73 Å². The smallest absolute Gasteiger partial charge is 0.137 e. The van der Waals surface area contributed by atoms with E-state index in [1.807, 2.05) is 0 Å². The molecule has 0 bridgehead atoms. The summed E-state index contributed by atoms with van der Waals surface area (Å²) in [6, 6.07) is 14.9. The van der Waals surface area contributed by atoms with Crippen molar-refractivity contribution in [2.24, 2.45) is 5.73 Å². The van der Waals surface area contributed by atoms with Gasteiger partial charge in [0.25, 0.3) is 0 Å². The molecular formula is C19H23N3. The molecule has 0 saturated heterocycles. The normalized spacial score (nSPS) is 12.7. The van der Waals surface area contributed by atoms with Crippen LogP contribution in [0.4, 0.5) is 0 Å². The van der Waals surface area contributed by atoms with Crippen LogP contribution in [0.3, 0.4) is 0 Å². The lowest BCUT2D eigenvalue weighted by molar-refractivity contribution is 0.733. The standard InChI is InChI=1S/C19H23N3/c1-4-15-8-10-16(11-9-15)18-19(13(2)12-20)22-14(3)6-5-7-17(22)21-18/h5-11,13H,4,12,20H2,1-3H3. The Bertz CT molecular complexity index is 784. The van der Waals surface area contributed by atoms with Crippen LogP contribution in [0.2, 0.25) is 0 Å². The zero-order chi connectivity index (χ0) is 15.7. The quantitative estimate of drug-likeness (QED) is 0.792. The topological polar surface area (TPSA) is 43.3 Å². The molecule has 0 fully saturated rings. The highest BCUT2D eigenvalue weighted by molar-refractivity contribution is 5.68. The molecule has 3 rings (SSSR count). The zero-order valence-electron chi connectivity index (χ0n) is 13.5. The highest BCUT2D eigenvalue weighted by Crippen LogP contribution is 2.30. The molecular weight excluding hydrogens is 270 g/mol. The minimum atomic E-state index is 0.261. The molecule has 0 saturated carbocycles. The molecule has 22 heavy (non-hydrogen) atoms. The van der Waals surface area contributed by atoms with Crippen LogP contribution >= 0.6 is 0 Å². The number of benzene rings is 1. The van der Waals surface area contributed by atoms with E-state index in [1.54, 1.807) is 0 Å². The van der Waals surface area contributed by atoms with E-state index in [9.17, 15) is 0 Å². The van der Waals surface area contributed by atoms with Crippen molar-refractivity contribution in [1.82, 2.24) is 9.38 Å². The Kier molecular flexibility index (Phi) is 3.99. The van der Waals surface area contributed by atoms with E-state index in [-0.39, 0.29) is 5.92 Å². The summed E-state index contributed by atoms with van der Waals surface area (Å²) in [5.41, 5.74) is 12.9. The first-order valence-corrected chi connectivity index (χ1v) is 7.93. The second-order valence-corrected chi connectivity index (χ2v) is 5.89. The number of aromatic nitrogens is 2. The number of hydrogen-bond acceptors (Lipinski definition) is 2. The first-order valence-electron chi connectivity index (χ1n) is 7.93. The molecule has 1 aromatic carbocycles. The lowest BCUT2D eigenvalue weighted by Gasteiger charge is -2.13. The van der Waals surface area contributed by atoms with E-state index in [0.717, 1.165) is 23.3 Å². The maximum absolute atomic E-state index is 5.96. The van der Waals surface area contributed by atoms with Gasteiger partial charge in [-0.05, 0) is 31.0 Å². The van der Waals surface area contributed by atoms with Gasteiger partial charge in [0.2, 0.25) is 0 Å². The van der Waals surface area contributed by atoms with E-state index in [2.05, 4.69) is 67.6 Å². The van der Waals surface area contributed by atoms with E-state index in [1.165, 1.54) is 17.0 Å². The maximum Gasteiger partial charge on any atom is 0.137 e. The van der Waals surface area contributed by atoms with Gasteiger partial charge in [0.1, 0.15) is 5.65 Å². The van der Waals surface area contributed by atoms with E-state index in [0.29, 0.717) is 6.54 Å². The first kappa shape index (κ1) is 14.8. The van der Waals surface area contributed by atoms with Crippen LogP contribution in [0.15, 0.2) is 42.5 Å². The predicted molar refractivity (Wildman–Crippen MR) is 92.2 cm³/mol. The number of pyridine rings is 1. The van der Waals surface area contributed by atoms with Gasteiger partial charge in [-0.2, -0.15) is 0 Å². The van der Waals surface area contributed by atoms with Gasteiger partial charge in [0.15, 0.2) is 0 Å². The van der Waals surface area contributed by atoms with Crippen molar-refractivity contribution in [1.29, 1.82) is 0 Å². The molecule has 0 aliphatic carbocycles. The van der Waals surface area contributed by atoms with Crippen LogP contribution in [-0.4, -0.2) is 15.9 Å². The van der Waals surface area contributed by atoms with Crippen LogP contribution in [0.25, 0.3) is 16.9 Å². The molecule has 114 valence electrons. The summed E-state index contributed by atoms with van der Waals surface area (Å²) in [6.07, 6.45) is 1.05. The lowest BCUT2D eigenvalue weighted by atomic mass is 10.0. The molecule has 0 spiro atoms. The Balaban J connectivity index is 2.25. The number of nitrogens with two attached hydrogens (primary N) is 1. The summed E-state index contributed by atoms with van der Waals surface area (Å²) < 4.78 is 2.24. The monoisotopic (exact) mass is 293 g/mol. The number of rotatable bonds is 4. The number of nitrogens with zero attached hydrogens (tertiary/aromatic N) is 2. The third-order valence-electron chi connectivity index (χ3n) is 4.33. The fourth-order valence-corrected chi connectivity index (χ4v) is 2.96. The minimum Gasteiger partial charge on any atom is -0.330 e. The highest BCUT2D eigenvalue weighted by atomic mass is 15.0. The SMILES string of the molecule is CCc1ccc(-c2nc3cccc(C)n3c2C(C)CN)cc1. The number of hydrogen-bond donors (Lipinski definition) is 1. The Morgan fingerprint density at radius 2 is 1.86 bits per heavy atom. The maximum atomic E-state index is 5.96. The van der Waals surface area contributed by atoms with Crippen molar-refractivity contribution in [2.45, 2.75) is 33.1 Å². The van der Waals surface area contributed by atoms with E-state index < -0.39 is 0 Å². The second kappa shape index (κ2) is 5.93. The number of aryl methyl sites for hydroxylation is 2. The molecule has 3 nitrogen and oxygen atoms in total. The van der Waals surface area contributed by atoms with E-state index in [4.69, 9.17) is 10.7 Å². The van der Waals surface area contributed by atoms with Crippen LogP contribution in [0.5, 0.6) is 0 Å². The molecule has 2 aromatic heterocycles. The molecule has 1 atom stereocenters. The molecule has 0 aliphatic rings. The van der Waals surface area contributed by atoms with Gasteiger partial charge < -0.3 is 10.1 Å². The summed E-state index contributed by atoms with van der Waals surface area (Å²) >= 11 is 0. The van der Waals surface area contributed by atoms with Gasteiger partial charge in [-0.25, -0.2) is 4.98 Å². The van der Waals surface area contributed by atoms with Gasteiger partial charge in [0, 0.05) is 23.7 Å². The zero-order valence-corrected chi connectivity index (χ0v) is 13.5. The number of imidazole rings is 1. The summed E-state index contributed by atoms with van der Waals surface area (Å²) in [5, 5.41) is 0. The van der Waals surface area contributed by atoms with Gasteiger partial charge in [-0.15, -0.1) is 0 Å². The Hall–Kier alpha value is -2.13. The fourth-order valence-electron chi connectivity index (χ4n) is 2.96. The largest absolute Gasteiger partial charge is 0.330 e. The van der Waals surface area contributed by atoms with Crippen LogP contribution in [0.1, 0.15) is 36.7 Å². The third-order valence-corrected chi connectivity index (χ3v) is 4.33. The molecule has 0 radical (unpaired) electrons. The predicted octanol–water partition coefficient (Wildman–Crippen LogP) is 3.93. The average Bonchev–Trinajstić information content (AvgIpc) is 2.95. The Morgan fingerprint density at radius 3 is 2.50 bits per heavy atom.